The number of hydrogen-bond donors (Lipinski definition) is 2. The van der Waals surface area contributed by atoms with Crippen LogP contribution in [0, 0.1) is 6.92 Å². The number of ether oxygens (including phenoxy) is 2. The van der Waals surface area contributed by atoms with Crippen molar-refractivity contribution in [1.82, 2.24) is 9.78 Å². The van der Waals surface area contributed by atoms with Gasteiger partial charge in [-0.3, -0.25) is 9.48 Å². The van der Waals surface area contributed by atoms with Crippen molar-refractivity contribution in [2.24, 2.45) is 7.05 Å². The van der Waals surface area contributed by atoms with Gasteiger partial charge in [-0.25, -0.2) is 4.79 Å². The highest BCUT2D eigenvalue weighted by molar-refractivity contribution is 6.06. The minimum atomic E-state index is -1.14. The number of anilines is 1. The molecule has 0 aliphatic heterocycles. The maximum Gasteiger partial charge on any atom is 0.335 e. The Bertz CT molecular complexity index is 767. The summed E-state index contributed by atoms with van der Waals surface area (Å²) in [5.41, 5.74) is 1.25. The van der Waals surface area contributed by atoms with Gasteiger partial charge in [0.15, 0.2) is 11.5 Å². The Morgan fingerprint density at radius 3 is 2.43 bits per heavy atom. The van der Waals surface area contributed by atoms with Crippen LogP contribution in [0.5, 0.6) is 11.5 Å². The summed E-state index contributed by atoms with van der Waals surface area (Å²) in [6.07, 6.45) is 1.44. The Kier molecular flexibility index (Phi) is 4.54. The molecule has 0 unspecified atom stereocenters. The van der Waals surface area contributed by atoms with Crippen LogP contribution >= 0.6 is 0 Å². The van der Waals surface area contributed by atoms with Crippen LogP contribution in [-0.4, -0.2) is 41.0 Å². The first kappa shape index (κ1) is 16.3. The topological polar surface area (TPSA) is 103 Å². The minimum absolute atomic E-state index is 0.0270. The number of benzene rings is 1. The smallest absolute Gasteiger partial charge is 0.335 e. The molecule has 0 fully saturated rings. The van der Waals surface area contributed by atoms with Crippen molar-refractivity contribution in [3.8, 4) is 11.5 Å². The molecule has 8 nitrogen and oxygen atoms in total. The first-order chi connectivity index (χ1) is 10.9. The van der Waals surface area contributed by atoms with Crippen LogP contribution in [-0.2, 0) is 7.05 Å². The zero-order valence-electron chi connectivity index (χ0n) is 13.2. The molecule has 2 aromatic rings. The fourth-order valence-corrected chi connectivity index (χ4v) is 2.09. The molecule has 0 bridgehead atoms. The first-order valence-corrected chi connectivity index (χ1v) is 6.68. The van der Waals surface area contributed by atoms with Crippen molar-refractivity contribution in [3.63, 3.8) is 0 Å². The summed E-state index contributed by atoms with van der Waals surface area (Å²) in [5, 5.41) is 15.8. The van der Waals surface area contributed by atoms with E-state index in [1.165, 1.54) is 32.5 Å². The van der Waals surface area contributed by atoms with Crippen LogP contribution in [0.1, 0.15) is 26.4 Å². The number of rotatable bonds is 5. The summed E-state index contributed by atoms with van der Waals surface area (Å²) in [6, 6.07) is 2.64. The van der Waals surface area contributed by atoms with E-state index in [-0.39, 0.29) is 22.7 Å². The highest BCUT2D eigenvalue weighted by Gasteiger charge is 2.20. The quantitative estimate of drug-likeness (QED) is 0.869. The molecule has 1 heterocycles. The molecule has 23 heavy (non-hydrogen) atoms. The van der Waals surface area contributed by atoms with Crippen LogP contribution in [0.25, 0.3) is 0 Å². The second kappa shape index (κ2) is 6.39. The lowest BCUT2D eigenvalue weighted by Crippen LogP contribution is -2.14. The molecule has 1 amide bonds. The van der Waals surface area contributed by atoms with Gasteiger partial charge in [0, 0.05) is 12.7 Å². The number of amides is 1. The summed E-state index contributed by atoms with van der Waals surface area (Å²) in [4.78, 5) is 23.6. The number of carboxylic acids is 1. The van der Waals surface area contributed by atoms with Gasteiger partial charge in [-0.1, -0.05) is 0 Å². The largest absolute Gasteiger partial charge is 0.493 e. The third kappa shape index (κ3) is 3.10. The van der Waals surface area contributed by atoms with Gasteiger partial charge >= 0.3 is 5.97 Å². The molecule has 0 spiro atoms. The summed E-state index contributed by atoms with van der Waals surface area (Å²) < 4.78 is 11.9. The number of nitrogens with zero attached hydrogens (tertiary/aromatic N) is 2. The normalized spacial score (nSPS) is 10.3. The van der Waals surface area contributed by atoms with Crippen LogP contribution in [0.2, 0.25) is 0 Å². The molecule has 0 radical (unpaired) electrons. The number of hydrogen-bond acceptors (Lipinski definition) is 5. The third-order valence-electron chi connectivity index (χ3n) is 3.45. The molecule has 0 saturated heterocycles. The Labute approximate surface area is 132 Å². The van der Waals surface area contributed by atoms with Crippen molar-refractivity contribution in [2.45, 2.75) is 6.92 Å². The van der Waals surface area contributed by atoms with Gasteiger partial charge in [-0.05, 0) is 19.1 Å². The molecule has 8 heteroatoms. The molecule has 0 atom stereocenters. The van der Waals surface area contributed by atoms with Crippen LogP contribution < -0.4 is 14.8 Å². The molecule has 2 N–H and O–H groups in total. The van der Waals surface area contributed by atoms with E-state index >= 15 is 0 Å². The lowest BCUT2D eigenvalue weighted by molar-refractivity contribution is 0.0696. The predicted octanol–water partition coefficient (Wildman–Crippen LogP) is 1.70. The molecule has 2 rings (SSSR count). The number of nitrogens with one attached hydrogen (secondary N) is 1. The molecular weight excluding hydrogens is 302 g/mol. The van der Waals surface area contributed by atoms with E-state index in [2.05, 4.69) is 10.4 Å². The van der Waals surface area contributed by atoms with Gasteiger partial charge in [0.2, 0.25) is 0 Å². The Morgan fingerprint density at radius 2 is 1.96 bits per heavy atom. The third-order valence-corrected chi connectivity index (χ3v) is 3.45. The van der Waals surface area contributed by atoms with Crippen LogP contribution in [0.15, 0.2) is 18.3 Å². The molecule has 0 aliphatic rings. The summed E-state index contributed by atoms with van der Waals surface area (Å²) >= 11 is 0. The summed E-state index contributed by atoms with van der Waals surface area (Å²) in [7, 11) is 4.52. The average Bonchev–Trinajstić information content (AvgIpc) is 2.85. The van der Waals surface area contributed by atoms with E-state index in [9.17, 15) is 9.59 Å². The SMILES string of the molecule is COc1cc(C(=O)O)cc(NC(=O)c2cnn(C)c2C)c1OC. The highest BCUT2D eigenvalue weighted by atomic mass is 16.5. The Hall–Kier alpha value is -3.03. The van der Waals surface area contributed by atoms with E-state index in [4.69, 9.17) is 14.6 Å². The van der Waals surface area contributed by atoms with Crippen molar-refractivity contribution in [2.75, 3.05) is 19.5 Å². The molecule has 1 aromatic heterocycles. The van der Waals surface area contributed by atoms with Crippen molar-refractivity contribution in [3.05, 3.63) is 35.2 Å². The van der Waals surface area contributed by atoms with E-state index < -0.39 is 11.9 Å². The van der Waals surface area contributed by atoms with Crippen LogP contribution in [0.3, 0.4) is 0 Å². The molecule has 0 aliphatic carbocycles. The maximum atomic E-state index is 12.4. The van der Waals surface area contributed by atoms with E-state index in [1.54, 1.807) is 18.7 Å². The Balaban J connectivity index is 2.45. The van der Waals surface area contributed by atoms with Crippen molar-refractivity contribution < 1.29 is 24.2 Å². The molecule has 0 saturated carbocycles. The zero-order chi connectivity index (χ0) is 17.1. The standard InChI is InChI=1S/C15H17N3O5/c1-8-10(7-16-18(8)2)14(19)17-11-5-9(15(20)21)6-12(22-3)13(11)23-4/h5-7H,1-4H3,(H,17,19)(H,20,21). The van der Waals surface area contributed by atoms with Gasteiger partial charge in [-0.15, -0.1) is 0 Å². The van der Waals surface area contributed by atoms with Gasteiger partial charge in [-0.2, -0.15) is 5.10 Å². The minimum Gasteiger partial charge on any atom is -0.493 e. The summed E-state index contributed by atoms with van der Waals surface area (Å²) in [5.74, 6) is -1.10. The van der Waals surface area contributed by atoms with E-state index in [1.807, 2.05) is 0 Å². The number of aromatic nitrogens is 2. The van der Waals surface area contributed by atoms with Crippen molar-refractivity contribution in [1.29, 1.82) is 0 Å². The van der Waals surface area contributed by atoms with Gasteiger partial charge < -0.3 is 19.9 Å². The monoisotopic (exact) mass is 319 g/mol. The lowest BCUT2D eigenvalue weighted by Gasteiger charge is -2.14. The predicted molar refractivity (Wildman–Crippen MR) is 82.4 cm³/mol. The molecule has 122 valence electrons. The van der Waals surface area contributed by atoms with Gasteiger partial charge in [0.25, 0.3) is 5.91 Å². The van der Waals surface area contributed by atoms with Crippen LogP contribution in [0.4, 0.5) is 5.69 Å². The fourth-order valence-electron chi connectivity index (χ4n) is 2.09. The first-order valence-electron chi connectivity index (χ1n) is 6.68. The average molecular weight is 319 g/mol. The molecule has 1 aromatic carbocycles. The van der Waals surface area contributed by atoms with Gasteiger partial charge in [0.05, 0.1) is 37.2 Å². The number of methoxy groups -OCH3 is 2. The number of carboxylic acid groups (broad SMARTS) is 1. The maximum absolute atomic E-state index is 12.4. The molecular formula is C15H17N3O5. The second-order valence-electron chi connectivity index (χ2n) is 4.79. The number of aryl methyl sites for hydroxylation is 1. The Morgan fingerprint density at radius 1 is 1.26 bits per heavy atom. The van der Waals surface area contributed by atoms with Crippen molar-refractivity contribution >= 4 is 17.6 Å². The number of carbonyl (C=O) groups is 2. The lowest BCUT2D eigenvalue weighted by atomic mass is 10.1. The second-order valence-corrected chi connectivity index (χ2v) is 4.79. The zero-order valence-corrected chi connectivity index (χ0v) is 13.2. The fraction of sp³-hybridized carbons (Fsp3) is 0.267. The number of carbonyl (C=O) groups excluding carboxylic acids is 1. The van der Waals surface area contributed by atoms with Gasteiger partial charge in [0.1, 0.15) is 0 Å². The van der Waals surface area contributed by atoms with E-state index in [0.717, 1.165) is 0 Å². The number of aromatic carboxylic acids is 1. The van der Waals surface area contributed by atoms with E-state index in [0.29, 0.717) is 11.3 Å². The summed E-state index contributed by atoms with van der Waals surface area (Å²) in [6.45, 7) is 1.76. The highest BCUT2D eigenvalue weighted by Crippen LogP contribution is 2.37.